The molecular formula is C15H17NO3. The van der Waals surface area contributed by atoms with E-state index in [1.807, 2.05) is 30.5 Å². The van der Waals surface area contributed by atoms with Gasteiger partial charge in [-0.1, -0.05) is 12.1 Å². The van der Waals surface area contributed by atoms with Gasteiger partial charge >= 0.3 is 5.97 Å². The first-order valence-corrected chi connectivity index (χ1v) is 6.17. The van der Waals surface area contributed by atoms with Crippen molar-refractivity contribution in [2.75, 3.05) is 0 Å². The van der Waals surface area contributed by atoms with Crippen LogP contribution in [0.2, 0.25) is 0 Å². The number of carboxylic acids is 1. The molecule has 0 spiro atoms. The van der Waals surface area contributed by atoms with Gasteiger partial charge in [-0.25, -0.2) is 4.79 Å². The number of aryl methyl sites for hydroxylation is 2. The molecular weight excluding hydrogens is 242 g/mol. The third kappa shape index (κ3) is 2.78. The minimum absolute atomic E-state index is 0.255. The summed E-state index contributed by atoms with van der Waals surface area (Å²) in [5.74, 6) is -0.630. The van der Waals surface area contributed by atoms with Gasteiger partial charge < -0.3 is 14.8 Å². The standard InChI is InChI=1S/C15H17NO3/c1-10-9-14(15(18)19)11(2)16(10)8-7-12-3-5-13(17)6-4-12/h3-6,9,17H,7-8H2,1-2H3,(H,18,19). The van der Waals surface area contributed by atoms with Crippen LogP contribution in [-0.2, 0) is 13.0 Å². The van der Waals surface area contributed by atoms with Crippen LogP contribution in [0, 0.1) is 13.8 Å². The minimum atomic E-state index is -0.885. The van der Waals surface area contributed by atoms with Crippen LogP contribution >= 0.6 is 0 Å². The van der Waals surface area contributed by atoms with Crippen LogP contribution in [0.4, 0.5) is 0 Å². The molecule has 4 heteroatoms. The van der Waals surface area contributed by atoms with Gasteiger partial charge in [-0.3, -0.25) is 0 Å². The molecule has 0 aliphatic rings. The average Bonchev–Trinajstić information content (AvgIpc) is 2.65. The second kappa shape index (κ2) is 5.18. The highest BCUT2D eigenvalue weighted by atomic mass is 16.4. The monoisotopic (exact) mass is 259 g/mol. The van der Waals surface area contributed by atoms with Crippen molar-refractivity contribution in [2.24, 2.45) is 0 Å². The molecule has 0 bridgehead atoms. The summed E-state index contributed by atoms with van der Waals surface area (Å²) in [4.78, 5) is 11.1. The minimum Gasteiger partial charge on any atom is -0.508 e. The fourth-order valence-corrected chi connectivity index (χ4v) is 2.27. The van der Waals surface area contributed by atoms with Gasteiger partial charge in [0.05, 0.1) is 5.56 Å². The fraction of sp³-hybridized carbons (Fsp3) is 0.267. The lowest BCUT2D eigenvalue weighted by atomic mass is 10.1. The van der Waals surface area contributed by atoms with Gasteiger partial charge in [-0.15, -0.1) is 0 Å². The molecule has 0 aliphatic heterocycles. The molecule has 0 fully saturated rings. The molecule has 0 amide bonds. The van der Waals surface area contributed by atoms with Crippen LogP contribution < -0.4 is 0 Å². The van der Waals surface area contributed by atoms with E-state index < -0.39 is 5.97 Å². The van der Waals surface area contributed by atoms with Gasteiger partial charge in [0.25, 0.3) is 0 Å². The largest absolute Gasteiger partial charge is 0.508 e. The second-order valence-corrected chi connectivity index (χ2v) is 4.66. The second-order valence-electron chi connectivity index (χ2n) is 4.66. The van der Waals surface area contributed by atoms with Crippen molar-refractivity contribution in [2.45, 2.75) is 26.8 Å². The summed E-state index contributed by atoms with van der Waals surface area (Å²) in [5, 5.41) is 18.3. The van der Waals surface area contributed by atoms with E-state index >= 15 is 0 Å². The molecule has 2 aromatic rings. The number of phenolic OH excluding ortho intramolecular Hbond substituents is 1. The number of hydrogen-bond acceptors (Lipinski definition) is 2. The summed E-state index contributed by atoms with van der Waals surface area (Å²) in [6, 6.07) is 8.78. The smallest absolute Gasteiger partial charge is 0.337 e. The highest BCUT2D eigenvalue weighted by Crippen LogP contribution is 2.17. The van der Waals surface area contributed by atoms with E-state index in [9.17, 15) is 9.90 Å². The van der Waals surface area contributed by atoms with Gasteiger partial charge in [0.15, 0.2) is 0 Å². The van der Waals surface area contributed by atoms with Gasteiger partial charge in [0.2, 0.25) is 0 Å². The van der Waals surface area contributed by atoms with E-state index in [2.05, 4.69) is 0 Å². The zero-order valence-electron chi connectivity index (χ0n) is 11.1. The number of rotatable bonds is 4. The Kier molecular flexibility index (Phi) is 3.60. The fourth-order valence-electron chi connectivity index (χ4n) is 2.27. The van der Waals surface area contributed by atoms with Crippen LogP contribution in [0.5, 0.6) is 5.75 Å². The van der Waals surface area contributed by atoms with Crippen LogP contribution in [-0.4, -0.2) is 20.7 Å². The third-order valence-corrected chi connectivity index (χ3v) is 3.36. The van der Waals surface area contributed by atoms with Crippen LogP contribution in [0.1, 0.15) is 27.3 Å². The Labute approximate surface area is 111 Å². The van der Waals surface area contributed by atoms with Gasteiger partial charge in [0.1, 0.15) is 5.75 Å². The molecule has 1 aromatic carbocycles. The van der Waals surface area contributed by atoms with Crippen LogP contribution in [0.15, 0.2) is 30.3 Å². The van der Waals surface area contributed by atoms with Crippen molar-refractivity contribution in [3.05, 3.63) is 52.8 Å². The van der Waals surface area contributed by atoms with E-state index in [0.717, 1.165) is 29.9 Å². The zero-order valence-corrected chi connectivity index (χ0v) is 11.1. The summed E-state index contributed by atoms with van der Waals surface area (Å²) in [7, 11) is 0. The number of hydrogen-bond donors (Lipinski definition) is 2. The lowest BCUT2D eigenvalue weighted by Crippen LogP contribution is -2.06. The predicted molar refractivity (Wildman–Crippen MR) is 72.7 cm³/mol. The third-order valence-electron chi connectivity index (χ3n) is 3.36. The number of phenols is 1. The molecule has 0 saturated heterocycles. The first kappa shape index (κ1) is 13.2. The van der Waals surface area contributed by atoms with Gasteiger partial charge in [-0.05, 0) is 44.0 Å². The Morgan fingerprint density at radius 3 is 2.37 bits per heavy atom. The Morgan fingerprint density at radius 1 is 1.21 bits per heavy atom. The molecule has 1 heterocycles. The van der Waals surface area contributed by atoms with Crippen molar-refractivity contribution >= 4 is 5.97 Å². The first-order chi connectivity index (χ1) is 8.99. The summed E-state index contributed by atoms with van der Waals surface area (Å²) in [6.07, 6.45) is 0.801. The topological polar surface area (TPSA) is 62.5 Å². The highest BCUT2D eigenvalue weighted by molar-refractivity contribution is 5.89. The lowest BCUT2D eigenvalue weighted by molar-refractivity contribution is 0.0696. The maximum Gasteiger partial charge on any atom is 0.337 e. The SMILES string of the molecule is Cc1cc(C(=O)O)c(C)n1CCc1ccc(O)cc1. The predicted octanol–water partition coefficient (Wildman–Crippen LogP) is 2.75. The Balaban J connectivity index is 2.15. The molecule has 4 nitrogen and oxygen atoms in total. The van der Waals surface area contributed by atoms with Crippen LogP contribution in [0.25, 0.3) is 0 Å². The quantitative estimate of drug-likeness (QED) is 0.887. The van der Waals surface area contributed by atoms with Crippen LogP contribution in [0.3, 0.4) is 0 Å². The average molecular weight is 259 g/mol. The number of carbonyl (C=O) groups is 1. The van der Waals surface area contributed by atoms with E-state index in [4.69, 9.17) is 5.11 Å². The number of nitrogens with zero attached hydrogens (tertiary/aromatic N) is 1. The number of carboxylic acid groups (broad SMARTS) is 1. The summed E-state index contributed by atoms with van der Waals surface area (Å²) in [6.45, 7) is 4.47. The van der Waals surface area contributed by atoms with Crippen molar-refractivity contribution in [3.63, 3.8) is 0 Å². The molecule has 0 atom stereocenters. The zero-order chi connectivity index (χ0) is 14.0. The van der Waals surface area contributed by atoms with Gasteiger partial charge in [-0.2, -0.15) is 0 Å². The molecule has 0 saturated carbocycles. The molecule has 1 aromatic heterocycles. The van der Waals surface area contributed by atoms with Crippen molar-refractivity contribution < 1.29 is 15.0 Å². The van der Waals surface area contributed by atoms with E-state index in [1.165, 1.54) is 0 Å². The Hall–Kier alpha value is -2.23. The summed E-state index contributed by atoms with van der Waals surface area (Å²) in [5.41, 5.74) is 3.21. The molecule has 2 N–H and O–H groups in total. The van der Waals surface area contributed by atoms with E-state index in [-0.39, 0.29) is 5.75 Å². The Bertz CT molecular complexity index is 597. The molecule has 19 heavy (non-hydrogen) atoms. The van der Waals surface area contributed by atoms with E-state index in [1.54, 1.807) is 18.2 Å². The maximum atomic E-state index is 11.1. The Morgan fingerprint density at radius 2 is 1.84 bits per heavy atom. The van der Waals surface area contributed by atoms with E-state index in [0.29, 0.717) is 5.56 Å². The molecule has 2 rings (SSSR count). The highest BCUT2D eigenvalue weighted by Gasteiger charge is 2.14. The summed E-state index contributed by atoms with van der Waals surface area (Å²) < 4.78 is 2.01. The molecule has 0 radical (unpaired) electrons. The molecule has 100 valence electrons. The molecule has 0 aliphatic carbocycles. The first-order valence-electron chi connectivity index (χ1n) is 6.17. The number of aromatic hydroxyl groups is 1. The lowest BCUT2D eigenvalue weighted by Gasteiger charge is -2.09. The van der Waals surface area contributed by atoms with Crippen molar-refractivity contribution in [1.82, 2.24) is 4.57 Å². The van der Waals surface area contributed by atoms with Gasteiger partial charge in [0, 0.05) is 17.9 Å². The number of aromatic nitrogens is 1. The van der Waals surface area contributed by atoms with Crippen molar-refractivity contribution in [3.8, 4) is 5.75 Å². The molecule has 0 unspecified atom stereocenters. The number of benzene rings is 1. The maximum absolute atomic E-state index is 11.1. The number of aromatic carboxylic acids is 1. The van der Waals surface area contributed by atoms with Crippen molar-refractivity contribution in [1.29, 1.82) is 0 Å². The normalized spacial score (nSPS) is 10.6. The summed E-state index contributed by atoms with van der Waals surface area (Å²) >= 11 is 0.